The molecule has 174 valence electrons. The van der Waals surface area contributed by atoms with Crippen molar-refractivity contribution < 1.29 is 29.3 Å². The van der Waals surface area contributed by atoms with Crippen LogP contribution in [0.2, 0.25) is 0 Å². The first-order valence-electron chi connectivity index (χ1n) is 11.3. The van der Waals surface area contributed by atoms with E-state index in [1.54, 1.807) is 13.8 Å². The molecule has 0 aliphatic heterocycles. The van der Waals surface area contributed by atoms with Gasteiger partial charge < -0.3 is 19.7 Å². The Morgan fingerprint density at radius 3 is 1.17 bits per heavy atom. The molecule has 0 saturated heterocycles. The third-order valence-corrected chi connectivity index (χ3v) is 4.93. The molecule has 0 bridgehead atoms. The van der Waals surface area contributed by atoms with Crippen LogP contribution >= 0.6 is 0 Å². The molecule has 0 heterocycles. The molecular formula is C24H42O6. The highest BCUT2D eigenvalue weighted by Gasteiger charge is 2.26. The molecule has 6 nitrogen and oxygen atoms in total. The lowest BCUT2D eigenvalue weighted by molar-refractivity contribution is -0.153. The van der Waals surface area contributed by atoms with E-state index in [0.29, 0.717) is 50.0 Å². The minimum Gasteiger partial charge on any atom is -0.459 e. The van der Waals surface area contributed by atoms with Gasteiger partial charge in [-0.2, -0.15) is 0 Å². The molecule has 1 rings (SSSR count). The quantitative estimate of drug-likeness (QED) is 0.253. The van der Waals surface area contributed by atoms with Gasteiger partial charge in [0.1, 0.15) is 12.2 Å². The van der Waals surface area contributed by atoms with Gasteiger partial charge >= 0.3 is 11.9 Å². The summed E-state index contributed by atoms with van der Waals surface area (Å²) in [5.74, 6) is -0.699. The molecule has 30 heavy (non-hydrogen) atoms. The maximum atomic E-state index is 11.3. The van der Waals surface area contributed by atoms with Crippen molar-refractivity contribution in [3.05, 3.63) is 24.3 Å². The third-order valence-electron chi connectivity index (χ3n) is 4.93. The third kappa shape index (κ3) is 15.2. The number of rotatable bonds is 13. The maximum absolute atomic E-state index is 11.3. The van der Waals surface area contributed by atoms with Gasteiger partial charge in [0.15, 0.2) is 0 Å². The smallest absolute Gasteiger partial charge is 0.333 e. The molecule has 1 aliphatic rings. The van der Waals surface area contributed by atoms with E-state index in [2.05, 4.69) is 13.2 Å². The van der Waals surface area contributed by atoms with Gasteiger partial charge in [-0.1, -0.05) is 51.7 Å². The Bertz CT molecular complexity index is 460. The minimum atomic E-state index is -0.350. The highest BCUT2D eigenvalue weighted by Crippen LogP contribution is 2.24. The van der Waals surface area contributed by atoms with Crippen LogP contribution in [0.15, 0.2) is 24.3 Å². The predicted molar refractivity (Wildman–Crippen MR) is 119 cm³/mol. The van der Waals surface area contributed by atoms with E-state index >= 15 is 0 Å². The van der Waals surface area contributed by atoms with Crippen LogP contribution < -0.4 is 0 Å². The fourth-order valence-electron chi connectivity index (χ4n) is 3.06. The molecule has 1 fully saturated rings. The first kappa shape index (κ1) is 28.3. The fraction of sp³-hybridized carbons (Fsp3) is 0.750. The summed E-state index contributed by atoms with van der Waals surface area (Å²) in [7, 11) is 0. The average molecular weight is 427 g/mol. The van der Waals surface area contributed by atoms with Gasteiger partial charge in [-0.05, 0) is 52.4 Å². The van der Waals surface area contributed by atoms with Crippen LogP contribution in [-0.4, -0.2) is 47.6 Å². The number of ether oxygens (including phenoxy) is 2. The summed E-state index contributed by atoms with van der Waals surface area (Å²) in [4.78, 5) is 22.7. The van der Waals surface area contributed by atoms with Crippen LogP contribution in [0.3, 0.4) is 0 Å². The van der Waals surface area contributed by atoms with Crippen molar-refractivity contribution in [1.82, 2.24) is 0 Å². The van der Waals surface area contributed by atoms with Crippen LogP contribution in [0.5, 0.6) is 0 Å². The number of aliphatic hydroxyl groups is 2. The highest BCUT2D eigenvalue weighted by atomic mass is 16.6. The molecule has 1 saturated carbocycles. The molecule has 0 spiro atoms. The lowest BCUT2D eigenvalue weighted by Gasteiger charge is -2.28. The van der Waals surface area contributed by atoms with Gasteiger partial charge in [0.2, 0.25) is 0 Å². The van der Waals surface area contributed by atoms with Crippen molar-refractivity contribution in [3.63, 3.8) is 0 Å². The highest BCUT2D eigenvalue weighted by molar-refractivity contribution is 5.87. The molecule has 0 aromatic heterocycles. The van der Waals surface area contributed by atoms with Crippen molar-refractivity contribution in [2.45, 2.75) is 103 Å². The first-order valence-corrected chi connectivity index (χ1v) is 11.3. The van der Waals surface area contributed by atoms with Crippen molar-refractivity contribution in [2.24, 2.45) is 0 Å². The van der Waals surface area contributed by atoms with Crippen molar-refractivity contribution in [2.75, 3.05) is 13.2 Å². The molecule has 0 radical (unpaired) electrons. The van der Waals surface area contributed by atoms with Crippen LogP contribution in [0.1, 0.15) is 90.9 Å². The molecule has 0 amide bonds. The first-order chi connectivity index (χ1) is 14.3. The lowest BCUT2D eigenvalue weighted by Crippen LogP contribution is -2.30. The summed E-state index contributed by atoms with van der Waals surface area (Å²) in [5.41, 5.74) is 0.816. The Kier molecular flexibility index (Phi) is 17.1. The van der Waals surface area contributed by atoms with Crippen molar-refractivity contribution in [3.8, 4) is 0 Å². The molecule has 0 atom stereocenters. The van der Waals surface area contributed by atoms with E-state index in [1.807, 2.05) is 0 Å². The van der Waals surface area contributed by atoms with E-state index in [-0.39, 0.29) is 24.1 Å². The summed E-state index contributed by atoms with van der Waals surface area (Å²) < 4.78 is 10.5. The second kappa shape index (κ2) is 18.1. The van der Waals surface area contributed by atoms with Crippen LogP contribution in [0.4, 0.5) is 0 Å². The Balaban J connectivity index is 0.000000612. The SMILES string of the molecule is C=C(C)C(=O)OC1CCC(OC(=O)C(=C)C)CC1.OCCCCCCCCCCO. The number of aliphatic hydroxyl groups excluding tert-OH is 2. The molecule has 0 unspecified atom stereocenters. The molecule has 0 aromatic carbocycles. The van der Waals surface area contributed by atoms with E-state index in [9.17, 15) is 9.59 Å². The Morgan fingerprint density at radius 1 is 0.667 bits per heavy atom. The van der Waals surface area contributed by atoms with Gasteiger partial charge in [-0.15, -0.1) is 0 Å². The minimum absolute atomic E-state index is 0.0889. The molecule has 0 aromatic rings. The largest absolute Gasteiger partial charge is 0.459 e. The standard InChI is InChI=1S/C14H20O4.C10H22O2/c1-9(2)13(15)17-11-5-7-12(8-6-11)18-14(16)10(3)4;11-9-7-5-3-1-2-4-6-8-10-12/h11-12H,1,3,5-8H2,2,4H3;11-12H,1-10H2. The van der Waals surface area contributed by atoms with Gasteiger partial charge in [-0.3, -0.25) is 0 Å². The number of carbonyl (C=O) groups is 2. The normalized spacial score (nSPS) is 18.0. The Hall–Kier alpha value is -1.66. The fourth-order valence-corrected chi connectivity index (χ4v) is 3.06. The van der Waals surface area contributed by atoms with E-state index in [4.69, 9.17) is 19.7 Å². The summed E-state index contributed by atoms with van der Waals surface area (Å²) in [6.45, 7) is 11.0. The average Bonchev–Trinajstić information content (AvgIpc) is 2.71. The van der Waals surface area contributed by atoms with E-state index < -0.39 is 0 Å². The summed E-state index contributed by atoms with van der Waals surface area (Å²) >= 11 is 0. The summed E-state index contributed by atoms with van der Waals surface area (Å²) in [6, 6.07) is 0. The Labute approximate surface area is 182 Å². The maximum Gasteiger partial charge on any atom is 0.333 e. The van der Waals surface area contributed by atoms with E-state index in [1.165, 1.54) is 25.7 Å². The monoisotopic (exact) mass is 426 g/mol. The van der Waals surface area contributed by atoms with Crippen LogP contribution in [-0.2, 0) is 19.1 Å². The second-order valence-corrected chi connectivity index (χ2v) is 8.05. The zero-order valence-corrected chi connectivity index (χ0v) is 19.0. The van der Waals surface area contributed by atoms with Gasteiger partial charge in [0, 0.05) is 24.4 Å². The zero-order valence-electron chi connectivity index (χ0n) is 19.0. The molecule has 6 heteroatoms. The van der Waals surface area contributed by atoms with Crippen molar-refractivity contribution >= 4 is 11.9 Å². The Morgan fingerprint density at radius 2 is 0.933 bits per heavy atom. The summed E-state index contributed by atoms with van der Waals surface area (Å²) in [6.07, 6.45) is 12.0. The lowest BCUT2D eigenvalue weighted by atomic mass is 9.95. The summed E-state index contributed by atoms with van der Waals surface area (Å²) in [5, 5.41) is 17.0. The molecule has 2 N–H and O–H groups in total. The number of hydrogen-bond donors (Lipinski definition) is 2. The number of unbranched alkanes of at least 4 members (excludes halogenated alkanes) is 7. The topological polar surface area (TPSA) is 93.1 Å². The van der Waals surface area contributed by atoms with Gasteiger partial charge in [-0.25, -0.2) is 9.59 Å². The van der Waals surface area contributed by atoms with E-state index in [0.717, 1.165) is 25.7 Å². The molecule has 1 aliphatic carbocycles. The zero-order chi connectivity index (χ0) is 22.8. The number of hydrogen-bond acceptors (Lipinski definition) is 6. The number of carbonyl (C=O) groups excluding carboxylic acids is 2. The van der Waals surface area contributed by atoms with Crippen molar-refractivity contribution in [1.29, 1.82) is 0 Å². The number of esters is 2. The predicted octanol–water partition coefficient (Wildman–Crippen LogP) is 4.63. The van der Waals surface area contributed by atoms with Gasteiger partial charge in [0.05, 0.1) is 0 Å². The second-order valence-electron chi connectivity index (χ2n) is 8.05. The molecular weight excluding hydrogens is 384 g/mol. The van der Waals surface area contributed by atoms with Crippen LogP contribution in [0.25, 0.3) is 0 Å². The van der Waals surface area contributed by atoms with Gasteiger partial charge in [0.25, 0.3) is 0 Å². The van der Waals surface area contributed by atoms with Crippen LogP contribution in [0, 0.1) is 0 Å².